The molecule has 30 heavy (non-hydrogen) atoms. The predicted molar refractivity (Wildman–Crippen MR) is 111 cm³/mol. The van der Waals surface area contributed by atoms with E-state index in [0.717, 1.165) is 43.9 Å². The molecule has 162 valence electrons. The van der Waals surface area contributed by atoms with E-state index in [1.54, 1.807) is 13.2 Å². The van der Waals surface area contributed by atoms with E-state index in [0.29, 0.717) is 23.4 Å². The van der Waals surface area contributed by atoms with Crippen molar-refractivity contribution in [2.75, 3.05) is 34.3 Å². The molecule has 2 aliphatic rings. The molecule has 9 heteroatoms. The van der Waals surface area contributed by atoms with Gasteiger partial charge in [-0.05, 0) is 58.7 Å². The minimum absolute atomic E-state index is 0.00228. The first-order chi connectivity index (χ1) is 14.3. The van der Waals surface area contributed by atoms with Crippen molar-refractivity contribution < 1.29 is 9.53 Å². The topological polar surface area (TPSA) is 89.3 Å². The van der Waals surface area contributed by atoms with Crippen LogP contribution in [0.25, 0.3) is 0 Å². The number of fused-ring (bicyclic) bond motifs is 1. The van der Waals surface area contributed by atoms with Crippen LogP contribution in [0.2, 0.25) is 0 Å². The number of methoxy groups -OCH3 is 1. The minimum Gasteiger partial charge on any atom is -0.379 e. The van der Waals surface area contributed by atoms with Gasteiger partial charge in [0.1, 0.15) is 11.5 Å². The lowest BCUT2D eigenvalue weighted by Gasteiger charge is -2.36. The second-order valence-electron chi connectivity index (χ2n) is 8.91. The van der Waals surface area contributed by atoms with Gasteiger partial charge in [-0.25, -0.2) is 14.6 Å². The van der Waals surface area contributed by atoms with Gasteiger partial charge in [0.15, 0.2) is 0 Å². The van der Waals surface area contributed by atoms with Crippen molar-refractivity contribution in [1.82, 2.24) is 34.8 Å². The Balaban J connectivity index is 1.48. The first kappa shape index (κ1) is 20.9. The first-order valence-corrected chi connectivity index (χ1v) is 10.5. The summed E-state index contributed by atoms with van der Waals surface area (Å²) in [6.45, 7) is 5.98. The van der Waals surface area contributed by atoms with Crippen molar-refractivity contribution in [3.05, 3.63) is 35.2 Å². The van der Waals surface area contributed by atoms with Gasteiger partial charge >= 0.3 is 0 Å². The molecule has 3 heterocycles. The number of likely N-dealkylation sites (tertiary alicyclic amines) is 1. The van der Waals surface area contributed by atoms with Crippen LogP contribution >= 0.6 is 0 Å². The van der Waals surface area contributed by atoms with E-state index in [1.165, 1.54) is 0 Å². The van der Waals surface area contributed by atoms with Gasteiger partial charge in [0.2, 0.25) is 0 Å². The van der Waals surface area contributed by atoms with Crippen molar-refractivity contribution in [1.29, 1.82) is 0 Å². The quantitative estimate of drug-likeness (QED) is 0.733. The van der Waals surface area contributed by atoms with Crippen LogP contribution in [0.1, 0.15) is 46.6 Å². The van der Waals surface area contributed by atoms with E-state index < -0.39 is 0 Å². The molecule has 0 unspecified atom stereocenters. The average Bonchev–Trinajstić information content (AvgIpc) is 3.31. The fraction of sp³-hybridized carbons (Fsp3) is 0.667. The summed E-state index contributed by atoms with van der Waals surface area (Å²) in [4.78, 5) is 25.7. The molecular formula is C21H31N7O2. The predicted octanol–water partition coefficient (Wildman–Crippen LogP) is 1.48. The van der Waals surface area contributed by atoms with Crippen molar-refractivity contribution >= 4 is 5.91 Å². The molecule has 1 saturated carbocycles. The van der Waals surface area contributed by atoms with Gasteiger partial charge in [0.05, 0.1) is 24.0 Å². The molecule has 4 atom stereocenters. The normalized spacial score (nSPS) is 26.3. The summed E-state index contributed by atoms with van der Waals surface area (Å²) in [6.07, 6.45) is 3.94. The van der Waals surface area contributed by atoms with Gasteiger partial charge in [-0.3, -0.25) is 4.79 Å². The Morgan fingerprint density at radius 2 is 1.93 bits per heavy atom. The van der Waals surface area contributed by atoms with Gasteiger partial charge in [-0.15, -0.1) is 5.10 Å². The van der Waals surface area contributed by atoms with Crippen LogP contribution < -0.4 is 0 Å². The maximum atomic E-state index is 13.1. The Hall–Kier alpha value is -2.39. The zero-order valence-electron chi connectivity index (χ0n) is 18.4. The molecule has 2 aromatic heterocycles. The average molecular weight is 414 g/mol. The van der Waals surface area contributed by atoms with Crippen LogP contribution in [0, 0.1) is 25.7 Å². The van der Waals surface area contributed by atoms with E-state index in [4.69, 9.17) is 4.74 Å². The summed E-state index contributed by atoms with van der Waals surface area (Å²) in [5.41, 5.74) is 2.26. The second kappa shape index (κ2) is 8.39. The van der Waals surface area contributed by atoms with Crippen molar-refractivity contribution in [3.63, 3.8) is 0 Å². The van der Waals surface area contributed by atoms with Gasteiger partial charge in [0.25, 0.3) is 5.91 Å². The lowest BCUT2D eigenvalue weighted by atomic mass is 9.77. The largest absolute Gasteiger partial charge is 0.379 e. The molecule has 1 saturated heterocycles. The third-order valence-corrected chi connectivity index (χ3v) is 6.24. The Morgan fingerprint density at radius 1 is 1.20 bits per heavy atom. The van der Waals surface area contributed by atoms with Crippen molar-refractivity contribution in [2.24, 2.45) is 11.8 Å². The molecule has 1 aliphatic carbocycles. The van der Waals surface area contributed by atoms with Gasteiger partial charge < -0.3 is 14.5 Å². The summed E-state index contributed by atoms with van der Waals surface area (Å²) >= 11 is 0. The lowest BCUT2D eigenvalue weighted by Crippen LogP contribution is -2.37. The first-order valence-electron chi connectivity index (χ1n) is 10.5. The number of rotatable bonds is 5. The fourth-order valence-corrected chi connectivity index (χ4v) is 4.95. The molecule has 1 amide bonds. The molecule has 0 spiro atoms. The van der Waals surface area contributed by atoms with Crippen LogP contribution in [-0.2, 0) is 11.3 Å². The number of carbonyl (C=O) groups excluding carboxylic acids is 1. The number of aromatic nitrogens is 5. The zero-order valence-corrected chi connectivity index (χ0v) is 18.4. The van der Waals surface area contributed by atoms with Crippen LogP contribution in [0.15, 0.2) is 12.3 Å². The van der Waals surface area contributed by atoms with Crippen LogP contribution in [0.4, 0.5) is 0 Å². The molecule has 0 aromatic carbocycles. The van der Waals surface area contributed by atoms with E-state index in [1.807, 2.05) is 43.7 Å². The lowest BCUT2D eigenvalue weighted by molar-refractivity contribution is -0.00547. The third-order valence-electron chi connectivity index (χ3n) is 6.24. The molecule has 9 nitrogen and oxygen atoms in total. The van der Waals surface area contributed by atoms with Crippen LogP contribution in [-0.4, -0.2) is 81.1 Å². The minimum atomic E-state index is -0.00228. The molecule has 1 aliphatic heterocycles. The maximum Gasteiger partial charge on any atom is 0.272 e. The maximum absolute atomic E-state index is 13.1. The summed E-state index contributed by atoms with van der Waals surface area (Å²) < 4.78 is 7.81. The Bertz CT molecular complexity index is 892. The van der Waals surface area contributed by atoms with E-state index in [-0.39, 0.29) is 18.1 Å². The van der Waals surface area contributed by atoms with Gasteiger partial charge in [-0.2, -0.15) is 0 Å². The molecule has 0 radical (unpaired) electrons. The molecule has 4 rings (SSSR count). The summed E-state index contributed by atoms with van der Waals surface area (Å²) in [6, 6.07) is 1.91. The Kier molecular flexibility index (Phi) is 5.84. The Labute approximate surface area is 177 Å². The smallest absolute Gasteiger partial charge is 0.272 e. The molecule has 2 fully saturated rings. The number of amides is 1. The fourth-order valence-electron chi connectivity index (χ4n) is 4.95. The second-order valence-corrected chi connectivity index (χ2v) is 8.91. The highest BCUT2D eigenvalue weighted by Crippen LogP contribution is 2.42. The summed E-state index contributed by atoms with van der Waals surface area (Å²) in [5.74, 6) is 1.49. The molecule has 0 N–H and O–H groups in total. The highest BCUT2D eigenvalue weighted by atomic mass is 16.5. The molecule has 2 aromatic rings. The van der Waals surface area contributed by atoms with E-state index in [9.17, 15) is 4.79 Å². The monoisotopic (exact) mass is 413 g/mol. The molecular weight excluding hydrogens is 382 g/mol. The standard InChI is InChI=1S/C21H31N7O2/c1-13-6-18(23-14(2)22-13)21(29)27-9-15-7-19(20(30-5)8-16(15)10-27)28-12-17(24-25-28)11-26(3)4/h6,12,15-16,19-20H,7-11H2,1-5H3/t15-,16+,19-,20-/m1/s1. The summed E-state index contributed by atoms with van der Waals surface area (Å²) in [7, 11) is 5.81. The van der Waals surface area contributed by atoms with Crippen LogP contribution in [0.3, 0.4) is 0 Å². The van der Waals surface area contributed by atoms with E-state index in [2.05, 4.69) is 25.2 Å². The van der Waals surface area contributed by atoms with Gasteiger partial charge in [-0.1, -0.05) is 5.21 Å². The zero-order chi connectivity index (χ0) is 21.4. The number of nitrogens with zero attached hydrogens (tertiary/aromatic N) is 7. The van der Waals surface area contributed by atoms with Gasteiger partial charge in [0, 0.05) is 32.4 Å². The van der Waals surface area contributed by atoms with Crippen molar-refractivity contribution in [2.45, 2.75) is 45.4 Å². The number of ether oxygens (including phenoxy) is 1. The highest BCUT2D eigenvalue weighted by Gasteiger charge is 2.45. The van der Waals surface area contributed by atoms with Crippen molar-refractivity contribution in [3.8, 4) is 0 Å². The highest BCUT2D eigenvalue weighted by molar-refractivity contribution is 5.92. The number of carbonyl (C=O) groups is 1. The van der Waals surface area contributed by atoms with E-state index >= 15 is 0 Å². The number of hydrogen-bond acceptors (Lipinski definition) is 7. The summed E-state index contributed by atoms with van der Waals surface area (Å²) in [5, 5.41) is 8.71. The number of hydrogen-bond donors (Lipinski definition) is 0. The molecule has 0 bridgehead atoms. The Morgan fingerprint density at radius 3 is 2.60 bits per heavy atom. The SMILES string of the molecule is CO[C@@H]1C[C@H]2CN(C(=O)c3cc(C)nc(C)n3)C[C@H]2C[C@H]1n1cc(CN(C)C)nn1. The van der Waals surface area contributed by atoms with Crippen LogP contribution in [0.5, 0.6) is 0 Å². The third kappa shape index (κ3) is 4.22. The number of aryl methyl sites for hydroxylation is 2.